The van der Waals surface area contributed by atoms with Crippen LogP contribution in [-0.2, 0) is 10.0 Å². The van der Waals surface area contributed by atoms with Gasteiger partial charge in [-0.15, -0.1) is 0 Å². The van der Waals surface area contributed by atoms with Crippen LogP contribution in [0.1, 0.15) is 6.42 Å². The Bertz CT molecular complexity index is 550. The van der Waals surface area contributed by atoms with Gasteiger partial charge in [-0.25, -0.2) is 13.1 Å². The van der Waals surface area contributed by atoms with Crippen molar-refractivity contribution in [2.45, 2.75) is 11.3 Å². The van der Waals surface area contributed by atoms with E-state index in [9.17, 15) is 8.42 Å². The largest absolute Gasteiger partial charge is 0.497 e. The minimum Gasteiger partial charge on any atom is -0.497 e. The van der Waals surface area contributed by atoms with E-state index in [1.165, 1.54) is 12.1 Å². The first-order valence-corrected chi connectivity index (χ1v) is 7.62. The monoisotopic (exact) mass is 282 g/mol. The second-order valence-electron chi connectivity index (χ2n) is 4.32. The Morgan fingerprint density at radius 3 is 2.63 bits per heavy atom. The van der Waals surface area contributed by atoms with Gasteiger partial charge in [-0.1, -0.05) is 11.6 Å². The van der Waals surface area contributed by atoms with E-state index in [-0.39, 0.29) is 4.90 Å². The quantitative estimate of drug-likeness (QED) is 0.787. The Kier molecular flexibility index (Phi) is 4.57. The molecule has 1 aromatic rings. The first-order valence-electron chi connectivity index (χ1n) is 6.14. The number of hydrogen-bond acceptors (Lipinski definition) is 4. The molecule has 5 nitrogen and oxygen atoms in total. The lowest BCUT2D eigenvalue weighted by atomic mass is 10.1. The second kappa shape index (κ2) is 6.18. The number of nitrogens with one attached hydrogen (secondary N) is 2. The van der Waals surface area contributed by atoms with E-state index in [0.29, 0.717) is 12.3 Å². The van der Waals surface area contributed by atoms with Gasteiger partial charge < -0.3 is 10.1 Å². The average Bonchev–Trinajstić information content (AvgIpc) is 2.46. The van der Waals surface area contributed by atoms with Gasteiger partial charge in [0.25, 0.3) is 0 Å². The van der Waals surface area contributed by atoms with Crippen molar-refractivity contribution in [2.24, 2.45) is 0 Å². The van der Waals surface area contributed by atoms with Crippen LogP contribution in [0, 0.1) is 0 Å². The normalized spacial score (nSPS) is 15.9. The molecule has 0 amide bonds. The van der Waals surface area contributed by atoms with Crippen molar-refractivity contribution in [2.75, 3.05) is 26.7 Å². The summed E-state index contributed by atoms with van der Waals surface area (Å²) in [5.74, 6) is 0.639. The molecule has 0 radical (unpaired) electrons. The van der Waals surface area contributed by atoms with Gasteiger partial charge in [0.1, 0.15) is 5.75 Å². The van der Waals surface area contributed by atoms with Gasteiger partial charge in [-0.3, -0.25) is 0 Å². The van der Waals surface area contributed by atoms with E-state index < -0.39 is 10.0 Å². The number of rotatable bonds is 5. The molecule has 1 aromatic carbocycles. The highest BCUT2D eigenvalue weighted by molar-refractivity contribution is 7.89. The fourth-order valence-corrected chi connectivity index (χ4v) is 2.89. The Morgan fingerprint density at radius 2 is 2.05 bits per heavy atom. The number of methoxy groups -OCH3 is 1. The first-order chi connectivity index (χ1) is 9.12. The van der Waals surface area contributed by atoms with Crippen LogP contribution in [0.2, 0.25) is 0 Å². The summed E-state index contributed by atoms with van der Waals surface area (Å²) in [5.41, 5.74) is 1.12. The highest BCUT2D eigenvalue weighted by atomic mass is 32.2. The molecule has 2 rings (SSSR count). The maximum atomic E-state index is 12.1. The molecule has 19 heavy (non-hydrogen) atoms. The number of hydrogen-bond donors (Lipinski definition) is 2. The summed E-state index contributed by atoms with van der Waals surface area (Å²) in [6, 6.07) is 6.35. The van der Waals surface area contributed by atoms with Gasteiger partial charge in [-0.2, -0.15) is 0 Å². The Hall–Kier alpha value is -1.37. The molecule has 0 bridgehead atoms. The van der Waals surface area contributed by atoms with Crippen LogP contribution < -0.4 is 14.8 Å². The fourth-order valence-electron chi connectivity index (χ4n) is 1.86. The van der Waals surface area contributed by atoms with Crippen LogP contribution >= 0.6 is 0 Å². The Balaban J connectivity index is 2.02. The van der Waals surface area contributed by atoms with Crippen molar-refractivity contribution in [1.82, 2.24) is 10.0 Å². The summed E-state index contributed by atoms with van der Waals surface area (Å²) < 4.78 is 31.8. The van der Waals surface area contributed by atoms with Crippen LogP contribution in [0.5, 0.6) is 5.75 Å². The molecule has 0 saturated carbocycles. The first kappa shape index (κ1) is 14.0. The zero-order valence-electron chi connectivity index (χ0n) is 10.8. The molecule has 2 N–H and O–H groups in total. The highest BCUT2D eigenvalue weighted by Gasteiger charge is 2.14. The molecule has 0 aromatic heterocycles. The van der Waals surface area contributed by atoms with E-state index in [1.54, 1.807) is 19.2 Å². The summed E-state index contributed by atoms with van der Waals surface area (Å²) in [6.45, 7) is 2.08. The third kappa shape index (κ3) is 3.79. The minimum absolute atomic E-state index is 0.253. The molecule has 0 spiro atoms. The van der Waals surface area contributed by atoms with Gasteiger partial charge in [0.15, 0.2) is 0 Å². The van der Waals surface area contributed by atoms with Crippen LogP contribution in [0.4, 0.5) is 0 Å². The third-order valence-corrected chi connectivity index (χ3v) is 4.43. The predicted molar refractivity (Wildman–Crippen MR) is 73.8 cm³/mol. The van der Waals surface area contributed by atoms with Gasteiger partial charge >= 0.3 is 0 Å². The van der Waals surface area contributed by atoms with E-state index in [4.69, 9.17) is 4.74 Å². The van der Waals surface area contributed by atoms with Crippen LogP contribution in [0.3, 0.4) is 0 Å². The number of sulfonamides is 1. The smallest absolute Gasteiger partial charge is 0.240 e. The molecule has 0 atom stereocenters. The number of ether oxygens (including phenoxy) is 1. The molecular weight excluding hydrogens is 264 g/mol. The van der Waals surface area contributed by atoms with E-state index in [0.717, 1.165) is 25.1 Å². The van der Waals surface area contributed by atoms with Gasteiger partial charge in [0.05, 0.1) is 12.0 Å². The van der Waals surface area contributed by atoms with Gasteiger partial charge in [0, 0.05) is 13.1 Å². The van der Waals surface area contributed by atoms with E-state index in [1.807, 2.05) is 6.08 Å². The van der Waals surface area contributed by atoms with Crippen LogP contribution in [-0.4, -0.2) is 35.2 Å². The van der Waals surface area contributed by atoms with E-state index in [2.05, 4.69) is 10.0 Å². The molecule has 1 heterocycles. The molecule has 1 aliphatic heterocycles. The SMILES string of the molecule is COc1ccc(S(=O)(=O)NCC2=CCNCC2)cc1. The van der Waals surface area contributed by atoms with Crippen molar-refractivity contribution in [3.05, 3.63) is 35.9 Å². The lowest BCUT2D eigenvalue weighted by molar-refractivity contribution is 0.414. The molecular formula is C13H18N2O3S. The zero-order valence-corrected chi connectivity index (χ0v) is 11.7. The van der Waals surface area contributed by atoms with Gasteiger partial charge in [0.2, 0.25) is 10.0 Å². The summed E-state index contributed by atoms with van der Waals surface area (Å²) >= 11 is 0. The number of benzene rings is 1. The average molecular weight is 282 g/mol. The lowest BCUT2D eigenvalue weighted by Crippen LogP contribution is -2.29. The van der Waals surface area contributed by atoms with Crippen LogP contribution in [0.15, 0.2) is 40.8 Å². The topological polar surface area (TPSA) is 67.4 Å². The lowest BCUT2D eigenvalue weighted by Gasteiger charge is -2.14. The highest BCUT2D eigenvalue weighted by Crippen LogP contribution is 2.15. The summed E-state index contributed by atoms with van der Waals surface area (Å²) in [7, 11) is -1.90. The molecule has 0 saturated heterocycles. The molecule has 0 aliphatic carbocycles. The van der Waals surface area contributed by atoms with Crippen molar-refractivity contribution < 1.29 is 13.2 Å². The van der Waals surface area contributed by atoms with Crippen LogP contribution in [0.25, 0.3) is 0 Å². The second-order valence-corrected chi connectivity index (χ2v) is 6.08. The molecule has 0 unspecified atom stereocenters. The molecule has 104 valence electrons. The molecule has 1 aliphatic rings. The predicted octanol–water partition coefficient (Wildman–Crippen LogP) is 0.893. The van der Waals surface area contributed by atoms with Gasteiger partial charge in [-0.05, 0) is 37.2 Å². The van der Waals surface area contributed by atoms with Crippen molar-refractivity contribution in [1.29, 1.82) is 0 Å². The summed E-state index contributed by atoms with van der Waals surface area (Å²) in [5, 5.41) is 3.19. The Labute approximate surface area is 113 Å². The molecule has 6 heteroatoms. The summed E-state index contributed by atoms with van der Waals surface area (Å²) in [4.78, 5) is 0.253. The maximum absolute atomic E-state index is 12.1. The minimum atomic E-state index is -3.45. The zero-order chi connectivity index (χ0) is 13.7. The van der Waals surface area contributed by atoms with Crippen molar-refractivity contribution in [3.8, 4) is 5.75 Å². The Morgan fingerprint density at radius 1 is 1.32 bits per heavy atom. The summed E-state index contributed by atoms with van der Waals surface area (Å²) in [6.07, 6.45) is 2.91. The fraction of sp³-hybridized carbons (Fsp3) is 0.385. The molecule has 0 fully saturated rings. The maximum Gasteiger partial charge on any atom is 0.240 e. The van der Waals surface area contributed by atoms with E-state index >= 15 is 0 Å². The standard InChI is InChI=1S/C13H18N2O3S/c1-18-12-2-4-13(5-3-12)19(16,17)15-10-11-6-8-14-9-7-11/h2-6,14-15H,7-10H2,1H3. The third-order valence-electron chi connectivity index (χ3n) is 3.02. The van der Waals surface area contributed by atoms with Crippen molar-refractivity contribution in [3.63, 3.8) is 0 Å². The van der Waals surface area contributed by atoms with Crippen molar-refractivity contribution >= 4 is 10.0 Å².